The minimum Gasteiger partial charge on any atom is -0.493 e. The number of carboxylic acids is 1. The molecule has 1 unspecified atom stereocenters. The zero-order chi connectivity index (χ0) is 20.5. The maximum atomic E-state index is 12.8. The van der Waals surface area contributed by atoms with E-state index < -0.39 is 41.9 Å². The molecule has 3 aromatic rings. The number of aliphatic carboxylic acids is 1. The normalized spacial score (nSPS) is 12.7. The van der Waals surface area contributed by atoms with E-state index in [9.17, 15) is 33.0 Å². The number of carbonyl (C=O) groups is 1. The van der Waals surface area contributed by atoms with Crippen LogP contribution in [-0.2, 0) is 4.79 Å². The number of hydrogen-bond donors (Lipinski definition) is 2. The highest BCUT2D eigenvalue weighted by atomic mass is 19.4. The molecule has 0 aliphatic carbocycles. The fourth-order valence-electron chi connectivity index (χ4n) is 2.86. The largest absolute Gasteiger partial charge is 0.573 e. The second-order valence-corrected chi connectivity index (χ2v) is 5.85. The Hall–Kier alpha value is -3.56. The van der Waals surface area contributed by atoms with Crippen molar-refractivity contribution in [2.45, 2.75) is 18.7 Å². The van der Waals surface area contributed by atoms with Gasteiger partial charge in [-0.3, -0.25) is 14.0 Å². The van der Waals surface area contributed by atoms with Crippen LogP contribution in [0.4, 0.5) is 13.2 Å². The molecule has 1 atom stereocenters. The first-order chi connectivity index (χ1) is 13.2. The highest BCUT2D eigenvalue weighted by Gasteiger charge is 2.31. The predicted molar refractivity (Wildman–Crippen MR) is 90.3 cm³/mol. The zero-order valence-corrected chi connectivity index (χ0v) is 14.1. The van der Waals surface area contributed by atoms with E-state index in [1.165, 1.54) is 24.4 Å². The number of hydrogen-bond acceptors (Lipinski definition) is 5. The number of carboxylic acid groups (broad SMARTS) is 1. The summed E-state index contributed by atoms with van der Waals surface area (Å²) in [6.07, 6.45) is -4.05. The lowest BCUT2D eigenvalue weighted by molar-refractivity contribution is -0.274. The highest BCUT2D eigenvalue weighted by Crippen LogP contribution is 2.32. The van der Waals surface area contributed by atoms with E-state index >= 15 is 0 Å². The van der Waals surface area contributed by atoms with Gasteiger partial charge in [0.05, 0.1) is 12.0 Å². The SMILES string of the molecule is O=C(O)CC(c1ccc(OC(F)(F)F)cc1)c1c(O)nc2ccccn2c1=O. The molecule has 10 heteroatoms. The van der Waals surface area contributed by atoms with Gasteiger partial charge in [-0.2, -0.15) is 4.98 Å². The molecule has 0 radical (unpaired) electrons. The van der Waals surface area contributed by atoms with Gasteiger partial charge in [0.2, 0.25) is 5.88 Å². The Morgan fingerprint density at radius 1 is 1.18 bits per heavy atom. The Morgan fingerprint density at radius 3 is 2.46 bits per heavy atom. The van der Waals surface area contributed by atoms with Crippen molar-refractivity contribution >= 4 is 11.6 Å². The number of rotatable bonds is 5. The van der Waals surface area contributed by atoms with E-state index in [0.717, 1.165) is 16.5 Å². The van der Waals surface area contributed by atoms with Crippen LogP contribution in [0, 0.1) is 0 Å². The predicted octanol–water partition coefficient (Wildman–Crippen LogP) is 2.91. The quantitative estimate of drug-likeness (QED) is 0.690. The van der Waals surface area contributed by atoms with Gasteiger partial charge in [-0.15, -0.1) is 13.2 Å². The Bertz CT molecular complexity index is 1080. The molecular formula is C18H13F3N2O5. The second kappa shape index (κ2) is 7.22. The lowest BCUT2D eigenvalue weighted by Crippen LogP contribution is -2.24. The summed E-state index contributed by atoms with van der Waals surface area (Å²) < 4.78 is 41.8. The summed E-state index contributed by atoms with van der Waals surface area (Å²) in [4.78, 5) is 28.0. The number of ether oxygens (including phenoxy) is 1. The molecule has 0 fully saturated rings. The monoisotopic (exact) mass is 394 g/mol. The van der Waals surface area contributed by atoms with E-state index in [-0.39, 0.29) is 16.8 Å². The Morgan fingerprint density at radius 2 is 1.86 bits per heavy atom. The number of nitrogens with zero attached hydrogens (tertiary/aromatic N) is 2. The van der Waals surface area contributed by atoms with Gasteiger partial charge in [0.25, 0.3) is 5.56 Å². The lowest BCUT2D eigenvalue weighted by Gasteiger charge is -2.17. The standard InChI is InChI=1S/C18H13F3N2O5/c19-18(20,21)28-11-6-4-10(5-7-11)12(9-14(24)25)15-16(26)22-13-3-1-2-8-23(13)17(15)27/h1-8,12,26H,9H2,(H,24,25). The number of benzene rings is 1. The Kier molecular flexibility index (Phi) is 4.95. The third-order valence-corrected chi connectivity index (χ3v) is 3.99. The number of fused-ring (bicyclic) bond motifs is 1. The topological polar surface area (TPSA) is 101 Å². The first kappa shape index (κ1) is 19.2. The summed E-state index contributed by atoms with van der Waals surface area (Å²) in [5.74, 6) is -3.53. The number of alkyl halides is 3. The number of pyridine rings is 1. The fraction of sp³-hybridized carbons (Fsp3) is 0.167. The molecule has 2 heterocycles. The highest BCUT2D eigenvalue weighted by molar-refractivity contribution is 5.69. The molecule has 1 aromatic carbocycles. The van der Waals surface area contributed by atoms with Gasteiger partial charge in [0.15, 0.2) is 0 Å². The van der Waals surface area contributed by atoms with Crippen molar-refractivity contribution in [1.29, 1.82) is 0 Å². The number of aromatic nitrogens is 2. The number of halogens is 3. The van der Waals surface area contributed by atoms with Crippen LogP contribution < -0.4 is 10.3 Å². The minimum atomic E-state index is -4.87. The van der Waals surface area contributed by atoms with Crippen LogP contribution in [0.15, 0.2) is 53.5 Å². The van der Waals surface area contributed by atoms with Crippen molar-refractivity contribution in [1.82, 2.24) is 9.38 Å². The molecule has 0 bridgehead atoms. The summed E-state index contributed by atoms with van der Waals surface area (Å²) in [7, 11) is 0. The third-order valence-electron chi connectivity index (χ3n) is 3.99. The van der Waals surface area contributed by atoms with Crippen molar-refractivity contribution in [2.75, 3.05) is 0 Å². The molecule has 0 saturated carbocycles. The first-order valence-corrected chi connectivity index (χ1v) is 7.93. The minimum absolute atomic E-state index is 0.164. The van der Waals surface area contributed by atoms with Crippen LogP contribution >= 0.6 is 0 Å². The van der Waals surface area contributed by atoms with Crippen LogP contribution in [0.25, 0.3) is 5.65 Å². The average molecular weight is 394 g/mol. The summed E-state index contributed by atoms with van der Waals surface area (Å²) in [6.45, 7) is 0. The van der Waals surface area contributed by atoms with E-state index in [1.807, 2.05) is 0 Å². The van der Waals surface area contributed by atoms with E-state index in [4.69, 9.17) is 0 Å². The molecule has 2 aromatic heterocycles. The smallest absolute Gasteiger partial charge is 0.493 e. The van der Waals surface area contributed by atoms with Crippen molar-refractivity contribution < 1.29 is 32.9 Å². The first-order valence-electron chi connectivity index (χ1n) is 7.93. The third kappa shape index (κ3) is 4.05. The van der Waals surface area contributed by atoms with Crippen molar-refractivity contribution in [3.8, 4) is 11.6 Å². The van der Waals surface area contributed by atoms with Gasteiger partial charge in [-0.05, 0) is 29.8 Å². The average Bonchev–Trinajstić information content (AvgIpc) is 2.60. The lowest BCUT2D eigenvalue weighted by atomic mass is 9.89. The van der Waals surface area contributed by atoms with Gasteiger partial charge in [0.1, 0.15) is 11.4 Å². The summed E-state index contributed by atoms with van der Waals surface area (Å²) in [6, 6.07) is 9.06. The molecule has 0 spiro atoms. The Labute approximate surface area is 155 Å². The number of aromatic hydroxyl groups is 1. The molecular weight excluding hydrogens is 381 g/mol. The summed E-state index contributed by atoms with van der Waals surface area (Å²) >= 11 is 0. The van der Waals surface area contributed by atoms with Crippen molar-refractivity contribution in [3.63, 3.8) is 0 Å². The van der Waals surface area contributed by atoms with Gasteiger partial charge in [-0.25, -0.2) is 0 Å². The zero-order valence-electron chi connectivity index (χ0n) is 14.1. The molecule has 0 aliphatic heterocycles. The molecule has 0 aliphatic rings. The molecule has 28 heavy (non-hydrogen) atoms. The van der Waals surface area contributed by atoms with Crippen molar-refractivity contribution in [2.24, 2.45) is 0 Å². The summed E-state index contributed by atoms with van der Waals surface area (Å²) in [5.41, 5.74) is -0.570. The van der Waals surface area contributed by atoms with Gasteiger partial charge in [0, 0.05) is 12.1 Å². The molecule has 2 N–H and O–H groups in total. The molecule has 0 saturated heterocycles. The van der Waals surface area contributed by atoms with Gasteiger partial charge >= 0.3 is 12.3 Å². The van der Waals surface area contributed by atoms with Crippen LogP contribution in [-0.4, -0.2) is 31.9 Å². The maximum absolute atomic E-state index is 12.8. The van der Waals surface area contributed by atoms with Crippen LogP contribution in [0.5, 0.6) is 11.6 Å². The molecule has 7 nitrogen and oxygen atoms in total. The Balaban J connectivity index is 2.10. The van der Waals surface area contributed by atoms with Crippen LogP contribution in [0.2, 0.25) is 0 Å². The van der Waals surface area contributed by atoms with E-state index in [1.54, 1.807) is 12.1 Å². The van der Waals surface area contributed by atoms with Crippen LogP contribution in [0.1, 0.15) is 23.5 Å². The van der Waals surface area contributed by atoms with Gasteiger partial charge < -0.3 is 14.9 Å². The summed E-state index contributed by atoms with van der Waals surface area (Å²) in [5, 5.41) is 19.5. The van der Waals surface area contributed by atoms with Gasteiger partial charge in [-0.1, -0.05) is 18.2 Å². The van der Waals surface area contributed by atoms with E-state index in [2.05, 4.69) is 9.72 Å². The van der Waals surface area contributed by atoms with E-state index in [0.29, 0.717) is 0 Å². The fourth-order valence-corrected chi connectivity index (χ4v) is 2.86. The molecule has 3 rings (SSSR count). The molecule has 0 amide bonds. The van der Waals surface area contributed by atoms with Crippen LogP contribution in [0.3, 0.4) is 0 Å². The molecule has 146 valence electrons. The van der Waals surface area contributed by atoms with Crippen molar-refractivity contribution in [3.05, 3.63) is 70.1 Å². The second-order valence-electron chi connectivity index (χ2n) is 5.85. The maximum Gasteiger partial charge on any atom is 0.573 e.